The van der Waals surface area contributed by atoms with E-state index in [-0.39, 0.29) is 11.9 Å². The van der Waals surface area contributed by atoms with Crippen LogP contribution in [0.4, 0.5) is 17.5 Å². The quantitative estimate of drug-likeness (QED) is 0.430. The molecule has 1 fully saturated rings. The molecule has 0 aliphatic heterocycles. The molecule has 176 valence electrons. The van der Waals surface area contributed by atoms with Gasteiger partial charge in [0.05, 0.1) is 11.9 Å². The minimum Gasteiger partial charge on any atom is -0.432 e. The predicted molar refractivity (Wildman–Crippen MR) is 134 cm³/mol. The van der Waals surface area contributed by atoms with Crippen LogP contribution in [-0.4, -0.2) is 64.1 Å². The summed E-state index contributed by atoms with van der Waals surface area (Å²) < 4.78 is 2.10. The fourth-order valence-corrected chi connectivity index (χ4v) is 4.93. The Labute approximate surface area is 195 Å². The van der Waals surface area contributed by atoms with E-state index in [1.165, 1.54) is 12.8 Å². The lowest BCUT2D eigenvalue weighted by atomic mass is 10.2. The summed E-state index contributed by atoms with van der Waals surface area (Å²) in [4.78, 5) is 38.1. The lowest BCUT2D eigenvalue weighted by Crippen LogP contribution is -2.27. The summed E-state index contributed by atoms with van der Waals surface area (Å²) in [7, 11) is 1.48. The predicted octanol–water partition coefficient (Wildman–Crippen LogP) is 4.00. The third-order valence-electron chi connectivity index (χ3n) is 5.96. The van der Waals surface area contributed by atoms with Crippen molar-refractivity contribution in [3.8, 4) is 0 Å². The summed E-state index contributed by atoms with van der Waals surface area (Å²) in [6, 6.07) is 6.76. The molecule has 3 aromatic rings. The average Bonchev–Trinajstić information content (AvgIpc) is 3.40. The van der Waals surface area contributed by atoms with Crippen LogP contribution in [0.5, 0.6) is 0 Å². The molecule has 1 aliphatic rings. The number of pyridine rings is 1. The van der Waals surface area contributed by atoms with Crippen molar-refractivity contribution >= 4 is 42.7 Å². The summed E-state index contributed by atoms with van der Waals surface area (Å²) in [6.07, 6.45) is 7.95. The van der Waals surface area contributed by atoms with Gasteiger partial charge in [-0.25, -0.2) is 9.97 Å². The van der Waals surface area contributed by atoms with Gasteiger partial charge in [0.25, 0.3) is 5.91 Å². The third-order valence-corrected chi connectivity index (χ3v) is 7.43. The normalized spacial score (nSPS) is 14.6. The number of anilines is 3. The second kappa shape index (κ2) is 9.48. The monoisotopic (exact) mass is 467 g/mol. The molecule has 33 heavy (non-hydrogen) atoms. The number of nitrogens with zero attached hydrogens (tertiary/aromatic N) is 5. The van der Waals surface area contributed by atoms with Crippen LogP contribution in [0.15, 0.2) is 30.6 Å². The van der Waals surface area contributed by atoms with Gasteiger partial charge in [0.2, 0.25) is 5.95 Å². The van der Waals surface area contributed by atoms with Gasteiger partial charge in [-0.1, -0.05) is 12.8 Å². The minimum absolute atomic E-state index is 0.0218. The van der Waals surface area contributed by atoms with E-state index in [4.69, 9.17) is 4.98 Å². The molecule has 3 aromatic heterocycles. The topological polar surface area (TPSA) is 108 Å². The number of amides is 1. The van der Waals surface area contributed by atoms with E-state index in [9.17, 15) is 9.59 Å². The third kappa shape index (κ3) is 5.51. The molecule has 10 heteroatoms. The van der Waals surface area contributed by atoms with E-state index in [1.807, 2.05) is 31.3 Å². The van der Waals surface area contributed by atoms with Gasteiger partial charge in [-0.05, 0) is 50.2 Å². The Morgan fingerprint density at radius 3 is 2.61 bits per heavy atom. The maximum Gasteiger partial charge on any atom is 0.270 e. The van der Waals surface area contributed by atoms with Crippen LogP contribution in [0.25, 0.3) is 11.0 Å². The van der Waals surface area contributed by atoms with E-state index >= 15 is 0 Å². The molecule has 9 nitrogen and oxygen atoms in total. The summed E-state index contributed by atoms with van der Waals surface area (Å²) in [5.74, 6) is 1.07. The Kier molecular flexibility index (Phi) is 6.66. The molecule has 3 N–H and O–H groups in total. The van der Waals surface area contributed by atoms with Crippen molar-refractivity contribution in [2.45, 2.75) is 50.9 Å². The summed E-state index contributed by atoms with van der Waals surface area (Å²) >= 11 is 0. The van der Waals surface area contributed by atoms with Gasteiger partial charge in [-0.2, -0.15) is 4.98 Å². The van der Waals surface area contributed by atoms with Crippen LogP contribution >= 0.6 is 0 Å². The van der Waals surface area contributed by atoms with Gasteiger partial charge in [0.1, 0.15) is 17.2 Å². The van der Waals surface area contributed by atoms with Crippen LogP contribution in [0.3, 0.4) is 0 Å². The average molecular weight is 468 g/mol. The number of carbonyl (C=O) groups is 1. The van der Waals surface area contributed by atoms with Crippen molar-refractivity contribution in [2.24, 2.45) is 0 Å². The van der Waals surface area contributed by atoms with E-state index < -0.39 is 8.32 Å². The van der Waals surface area contributed by atoms with Gasteiger partial charge in [-0.15, -0.1) is 0 Å². The lowest BCUT2D eigenvalue weighted by Gasteiger charge is -2.19. The van der Waals surface area contributed by atoms with Crippen LogP contribution in [0.2, 0.25) is 19.1 Å². The number of rotatable bonds is 8. The van der Waals surface area contributed by atoms with Crippen molar-refractivity contribution in [1.82, 2.24) is 24.4 Å². The van der Waals surface area contributed by atoms with E-state index in [0.29, 0.717) is 17.5 Å². The summed E-state index contributed by atoms with van der Waals surface area (Å²) in [5, 5.41) is 7.33. The van der Waals surface area contributed by atoms with Crippen LogP contribution in [0, 0.1) is 0 Å². The second-order valence-electron chi connectivity index (χ2n) is 9.56. The molecule has 3 heterocycles. The molecule has 0 aromatic carbocycles. The second-order valence-corrected chi connectivity index (χ2v) is 13.7. The molecule has 1 saturated carbocycles. The molecular weight excluding hydrogens is 434 g/mol. The van der Waals surface area contributed by atoms with E-state index in [2.05, 4.69) is 25.2 Å². The maximum absolute atomic E-state index is 12.8. The molecule has 4 rings (SSSR count). The Morgan fingerprint density at radius 1 is 1.21 bits per heavy atom. The molecule has 1 aliphatic carbocycles. The van der Waals surface area contributed by atoms with Crippen molar-refractivity contribution in [3.63, 3.8) is 0 Å². The Hall–Kier alpha value is -2.98. The van der Waals surface area contributed by atoms with Crippen LogP contribution in [-0.2, 0) is 0 Å². The molecule has 0 spiro atoms. The first-order chi connectivity index (χ1) is 15.7. The smallest absolute Gasteiger partial charge is 0.270 e. The molecule has 1 amide bonds. The molecular formula is C23H33N7O2Si. The molecule has 0 saturated heterocycles. The Bertz CT molecular complexity index is 1120. The minimum atomic E-state index is -2.06. The fraction of sp³-hybridized carbons (Fsp3) is 0.478. The zero-order chi connectivity index (χ0) is 23.6. The highest BCUT2D eigenvalue weighted by atomic mass is 28.4. The summed E-state index contributed by atoms with van der Waals surface area (Å²) in [6.45, 7) is 4.58. The lowest BCUT2D eigenvalue weighted by molar-refractivity contribution is 0.0815. The first-order valence-corrected chi connectivity index (χ1v) is 14.7. The van der Waals surface area contributed by atoms with Crippen LogP contribution in [0.1, 0.15) is 42.2 Å². The molecule has 0 radical (unpaired) electrons. The van der Waals surface area contributed by atoms with Gasteiger partial charge < -0.3 is 24.9 Å². The first-order valence-electron chi connectivity index (χ1n) is 11.5. The molecule has 0 bridgehead atoms. The Morgan fingerprint density at radius 2 is 1.97 bits per heavy atom. The largest absolute Gasteiger partial charge is 0.432 e. The highest BCUT2D eigenvalue weighted by Crippen LogP contribution is 2.34. The van der Waals surface area contributed by atoms with Gasteiger partial charge in [-0.3, -0.25) is 4.79 Å². The van der Waals surface area contributed by atoms with Crippen molar-refractivity contribution < 1.29 is 9.59 Å². The highest BCUT2D eigenvalue weighted by molar-refractivity contribution is 6.69. The number of carbonyl (C=O) groups excluding carboxylic acids is 1. The summed E-state index contributed by atoms with van der Waals surface area (Å²) in [5.41, 5.74) is 2.34. The number of fused-ring (bicyclic) bond motifs is 1. The number of hydrogen-bond donors (Lipinski definition) is 3. The standard InChI is InChI=1S/C23H33N7O2Si/c1-29(2)22(31)19-13-16-14-26-23(28-21(16)30(19)18-7-5-6-8-18)27-20-10-9-17(15-25-20)24-11-12-33(3,4)32/h9-10,13-15,18,24,32H,5-8,11-12H2,1-4H3,(H,25,26,27,28). The molecule has 0 unspecified atom stereocenters. The molecule has 0 atom stereocenters. The zero-order valence-corrected chi connectivity index (χ0v) is 20.8. The van der Waals surface area contributed by atoms with Crippen molar-refractivity contribution in [1.29, 1.82) is 0 Å². The maximum atomic E-state index is 12.8. The van der Waals surface area contributed by atoms with Gasteiger partial charge in [0, 0.05) is 38.3 Å². The SMILES string of the molecule is CN(C)C(=O)c1cc2cnc(Nc3ccc(NCC[Si](C)(C)O)cn3)nc2n1C1CCCC1. The van der Waals surface area contributed by atoms with Crippen molar-refractivity contribution in [2.75, 3.05) is 31.3 Å². The first kappa shape index (κ1) is 23.2. The highest BCUT2D eigenvalue weighted by Gasteiger charge is 2.26. The Balaban J connectivity index is 1.55. The number of aromatic nitrogens is 4. The van der Waals surface area contributed by atoms with E-state index in [0.717, 1.165) is 42.2 Å². The fourth-order valence-electron chi connectivity index (χ4n) is 4.19. The zero-order valence-electron chi connectivity index (χ0n) is 19.8. The number of nitrogens with one attached hydrogen (secondary N) is 2. The van der Waals surface area contributed by atoms with Gasteiger partial charge >= 0.3 is 0 Å². The van der Waals surface area contributed by atoms with Crippen LogP contribution < -0.4 is 10.6 Å². The van der Waals surface area contributed by atoms with Gasteiger partial charge in [0.15, 0.2) is 8.32 Å². The van der Waals surface area contributed by atoms with Crippen molar-refractivity contribution in [3.05, 3.63) is 36.3 Å². The number of hydrogen-bond acceptors (Lipinski definition) is 7. The van der Waals surface area contributed by atoms with E-state index in [1.54, 1.807) is 31.4 Å².